The predicted molar refractivity (Wildman–Crippen MR) is 84.3 cm³/mol. The largest absolute Gasteiger partial charge is 0.496 e. The van der Waals surface area contributed by atoms with Crippen LogP contribution in [0.25, 0.3) is 0 Å². The van der Waals surface area contributed by atoms with Crippen LogP contribution in [0.2, 0.25) is 5.02 Å². The molecule has 0 fully saturated rings. The Kier molecular flexibility index (Phi) is 4.77. The fourth-order valence-electron chi connectivity index (χ4n) is 1.86. The highest BCUT2D eigenvalue weighted by molar-refractivity contribution is 7.92. The molecule has 0 aliphatic carbocycles. The van der Waals surface area contributed by atoms with E-state index in [9.17, 15) is 8.42 Å². The van der Waals surface area contributed by atoms with Crippen LogP contribution >= 0.6 is 11.6 Å². The van der Waals surface area contributed by atoms with Gasteiger partial charge in [-0.05, 0) is 30.7 Å². The van der Waals surface area contributed by atoms with Gasteiger partial charge in [-0.2, -0.15) is 0 Å². The summed E-state index contributed by atoms with van der Waals surface area (Å²) in [6.45, 7) is 1.80. The third-order valence-corrected chi connectivity index (χ3v) is 4.54. The Balaban J connectivity index is 2.46. The number of aryl methyl sites for hydroxylation is 1. The Morgan fingerprint density at radius 1 is 1.14 bits per heavy atom. The number of ether oxygens (including phenoxy) is 2. The van der Waals surface area contributed by atoms with Gasteiger partial charge in [0.1, 0.15) is 22.2 Å². The number of halogens is 1. The molecular formula is C14H15ClN2O4S. The topological polar surface area (TPSA) is 77.5 Å². The molecule has 1 aromatic carbocycles. The second-order valence-corrected chi connectivity index (χ2v) is 6.53. The summed E-state index contributed by atoms with van der Waals surface area (Å²) in [5.41, 5.74) is 0.767. The van der Waals surface area contributed by atoms with Crippen LogP contribution in [0.3, 0.4) is 0 Å². The Labute approximate surface area is 134 Å². The Bertz CT molecular complexity index is 776. The molecule has 0 bridgehead atoms. The minimum Gasteiger partial charge on any atom is -0.496 e. The van der Waals surface area contributed by atoms with Crippen molar-refractivity contribution in [1.29, 1.82) is 0 Å². The minimum atomic E-state index is -3.88. The lowest BCUT2D eigenvalue weighted by atomic mass is 10.2. The number of methoxy groups -OCH3 is 2. The number of aromatic nitrogens is 1. The summed E-state index contributed by atoms with van der Waals surface area (Å²) < 4.78 is 37.7. The lowest BCUT2D eigenvalue weighted by Gasteiger charge is -2.14. The van der Waals surface area contributed by atoms with Gasteiger partial charge in [-0.25, -0.2) is 13.4 Å². The molecule has 0 spiro atoms. The van der Waals surface area contributed by atoms with Gasteiger partial charge in [0.05, 0.1) is 19.2 Å². The Morgan fingerprint density at radius 2 is 1.82 bits per heavy atom. The molecule has 0 radical (unpaired) electrons. The summed E-state index contributed by atoms with van der Waals surface area (Å²) in [6, 6.07) is 6.02. The van der Waals surface area contributed by atoms with E-state index < -0.39 is 10.0 Å². The summed E-state index contributed by atoms with van der Waals surface area (Å²) in [6.07, 6.45) is 1.35. The van der Waals surface area contributed by atoms with Gasteiger partial charge in [0.15, 0.2) is 0 Å². The number of hydrogen-bond donors (Lipinski definition) is 1. The van der Waals surface area contributed by atoms with Gasteiger partial charge >= 0.3 is 0 Å². The van der Waals surface area contributed by atoms with Crippen LogP contribution in [0.4, 0.5) is 5.82 Å². The van der Waals surface area contributed by atoms with E-state index in [1.165, 1.54) is 32.5 Å². The zero-order chi connectivity index (χ0) is 16.3. The Morgan fingerprint density at radius 3 is 2.36 bits per heavy atom. The first kappa shape index (κ1) is 16.4. The van der Waals surface area contributed by atoms with Gasteiger partial charge in [0.25, 0.3) is 10.0 Å². The van der Waals surface area contributed by atoms with E-state index >= 15 is 0 Å². The van der Waals surface area contributed by atoms with Gasteiger partial charge in [-0.1, -0.05) is 11.6 Å². The summed E-state index contributed by atoms with van der Waals surface area (Å²) in [4.78, 5) is 3.88. The number of nitrogens with one attached hydrogen (secondary N) is 1. The number of nitrogens with zero attached hydrogens (tertiary/aromatic N) is 1. The molecule has 0 atom stereocenters. The van der Waals surface area contributed by atoms with Gasteiger partial charge in [-0.15, -0.1) is 0 Å². The molecule has 8 heteroatoms. The second-order valence-electron chi connectivity index (χ2n) is 4.44. The number of anilines is 1. The Hall–Kier alpha value is -1.99. The van der Waals surface area contributed by atoms with E-state index in [4.69, 9.17) is 21.1 Å². The van der Waals surface area contributed by atoms with E-state index in [0.29, 0.717) is 10.8 Å². The van der Waals surface area contributed by atoms with E-state index in [0.717, 1.165) is 5.56 Å². The van der Waals surface area contributed by atoms with Crippen LogP contribution in [0.1, 0.15) is 5.56 Å². The van der Waals surface area contributed by atoms with Crippen LogP contribution in [0.5, 0.6) is 11.5 Å². The van der Waals surface area contributed by atoms with Crippen molar-refractivity contribution in [2.75, 3.05) is 18.9 Å². The average Bonchev–Trinajstić information content (AvgIpc) is 2.48. The third-order valence-electron chi connectivity index (χ3n) is 2.94. The lowest BCUT2D eigenvalue weighted by molar-refractivity contribution is 0.390. The van der Waals surface area contributed by atoms with E-state index in [1.807, 2.05) is 0 Å². The average molecular weight is 343 g/mol. The zero-order valence-electron chi connectivity index (χ0n) is 12.3. The maximum atomic E-state index is 12.5. The van der Waals surface area contributed by atoms with Crippen molar-refractivity contribution in [2.24, 2.45) is 0 Å². The molecule has 2 aromatic rings. The van der Waals surface area contributed by atoms with Crippen molar-refractivity contribution in [1.82, 2.24) is 4.98 Å². The van der Waals surface area contributed by atoms with Crippen molar-refractivity contribution >= 4 is 27.4 Å². The molecule has 0 aliphatic rings. The van der Waals surface area contributed by atoms with Crippen LogP contribution in [0.15, 0.2) is 35.4 Å². The van der Waals surface area contributed by atoms with Gasteiger partial charge in [-0.3, -0.25) is 4.72 Å². The van der Waals surface area contributed by atoms with E-state index in [1.54, 1.807) is 19.1 Å². The monoisotopic (exact) mass is 342 g/mol. The number of pyridine rings is 1. The molecule has 22 heavy (non-hydrogen) atoms. The molecule has 0 unspecified atom stereocenters. The van der Waals surface area contributed by atoms with Crippen LogP contribution in [0, 0.1) is 6.92 Å². The molecule has 6 nitrogen and oxygen atoms in total. The summed E-state index contributed by atoms with van der Waals surface area (Å²) >= 11 is 5.73. The SMILES string of the molecule is COc1cc(S(=O)(=O)Nc2ccc(Cl)cn2)c(OC)cc1C. The van der Waals surface area contributed by atoms with Crippen molar-refractivity contribution < 1.29 is 17.9 Å². The molecule has 0 aliphatic heterocycles. The molecule has 2 rings (SSSR count). The van der Waals surface area contributed by atoms with Gasteiger partial charge < -0.3 is 9.47 Å². The molecule has 118 valence electrons. The number of benzene rings is 1. The molecular weight excluding hydrogens is 328 g/mol. The number of sulfonamides is 1. The van der Waals surface area contributed by atoms with Crippen molar-refractivity contribution in [2.45, 2.75) is 11.8 Å². The first-order valence-corrected chi connectivity index (χ1v) is 8.10. The number of rotatable bonds is 5. The molecule has 0 saturated carbocycles. The van der Waals surface area contributed by atoms with E-state index in [2.05, 4.69) is 9.71 Å². The third kappa shape index (κ3) is 3.42. The summed E-state index contributed by atoms with van der Waals surface area (Å²) in [5, 5.41) is 0.414. The maximum Gasteiger partial charge on any atom is 0.266 e. The minimum absolute atomic E-state index is 0.0331. The van der Waals surface area contributed by atoms with Crippen LogP contribution in [-0.2, 0) is 10.0 Å². The standard InChI is InChI=1S/C14H15ClN2O4S/c1-9-6-12(21-3)13(7-11(9)20-2)22(18,19)17-14-5-4-10(15)8-16-14/h4-8H,1-3H3,(H,16,17). The van der Waals surface area contributed by atoms with Crippen molar-refractivity contribution in [3.63, 3.8) is 0 Å². The van der Waals surface area contributed by atoms with Crippen LogP contribution in [-0.4, -0.2) is 27.6 Å². The first-order chi connectivity index (χ1) is 10.4. The van der Waals surface area contributed by atoms with E-state index in [-0.39, 0.29) is 16.5 Å². The smallest absolute Gasteiger partial charge is 0.266 e. The second kappa shape index (κ2) is 6.41. The quantitative estimate of drug-likeness (QED) is 0.904. The van der Waals surface area contributed by atoms with Crippen molar-refractivity contribution in [3.05, 3.63) is 41.0 Å². The molecule has 1 aromatic heterocycles. The summed E-state index contributed by atoms with van der Waals surface area (Å²) in [7, 11) is -1.00. The molecule has 1 N–H and O–H groups in total. The first-order valence-electron chi connectivity index (χ1n) is 6.24. The highest BCUT2D eigenvalue weighted by Crippen LogP contribution is 2.32. The molecule has 0 saturated heterocycles. The normalized spacial score (nSPS) is 11.1. The van der Waals surface area contributed by atoms with Crippen molar-refractivity contribution in [3.8, 4) is 11.5 Å². The fourth-order valence-corrected chi connectivity index (χ4v) is 3.15. The highest BCUT2D eigenvalue weighted by atomic mass is 35.5. The fraction of sp³-hybridized carbons (Fsp3) is 0.214. The maximum absolute atomic E-state index is 12.5. The molecule has 0 amide bonds. The lowest BCUT2D eigenvalue weighted by Crippen LogP contribution is -2.15. The van der Waals surface area contributed by atoms with Gasteiger partial charge in [0.2, 0.25) is 0 Å². The van der Waals surface area contributed by atoms with Gasteiger partial charge in [0, 0.05) is 12.3 Å². The zero-order valence-corrected chi connectivity index (χ0v) is 13.8. The molecule has 1 heterocycles. The predicted octanol–water partition coefficient (Wildman–Crippen LogP) is 2.86. The number of hydrogen-bond acceptors (Lipinski definition) is 5. The summed E-state index contributed by atoms with van der Waals surface area (Å²) in [5.74, 6) is 0.830. The highest BCUT2D eigenvalue weighted by Gasteiger charge is 2.22. The van der Waals surface area contributed by atoms with Crippen LogP contribution < -0.4 is 14.2 Å².